The van der Waals surface area contributed by atoms with Gasteiger partial charge in [-0.2, -0.15) is 0 Å². The molecule has 1 saturated heterocycles. The number of hydrogen-bond acceptors (Lipinski definition) is 3. The highest BCUT2D eigenvalue weighted by Crippen LogP contribution is 2.30. The Morgan fingerprint density at radius 2 is 2.10 bits per heavy atom. The molecule has 3 atom stereocenters. The van der Waals surface area contributed by atoms with E-state index in [1.165, 1.54) is 0 Å². The van der Waals surface area contributed by atoms with Gasteiger partial charge < -0.3 is 15.5 Å². The monoisotopic (exact) mass is 279 g/mol. The molecule has 1 aliphatic heterocycles. The predicted molar refractivity (Wildman–Crippen MR) is 82.6 cm³/mol. The lowest BCUT2D eigenvalue weighted by atomic mass is 10.0. The summed E-state index contributed by atoms with van der Waals surface area (Å²) in [5.41, 5.74) is 8.05. The van der Waals surface area contributed by atoms with Gasteiger partial charge in [0.2, 0.25) is 0 Å². The van der Waals surface area contributed by atoms with E-state index in [0.29, 0.717) is 18.4 Å². The molecule has 1 aromatic rings. The molecule has 112 valence electrons. The predicted octanol–water partition coefficient (Wildman–Crippen LogP) is 2.10. The molecule has 1 aliphatic rings. The maximum Gasteiger partial charge on any atom is 0.123 e. The number of rotatable bonds is 4. The Morgan fingerprint density at radius 3 is 2.65 bits per heavy atom. The maximum absolute atomic E-state index is 13.5. The number of nitrogens with zero attached hydrogens (tertiary/aromatic N) is 2. The van der Waals surface area contributed by atoms with Crippen molar-refractivity contribution in [1.82, 2.24) is 4.90 Å². The molecule has 3 nitrogen and oxygen atoms in total. The molecular weight excluding hydrogens is 253 g/mol. The topological polar surface area (TPSA) is 32.5 Å². The molecule has 4 heteroatoms. The van der Waals surface area contributed by atoms with Gasteiger partial charge in [0, 0.05) is 30.9 Å². The number of nitrogens with two attached hydrogens (primary N) is 1. The molecule has 0 radical (unpaired) electrons. The van der Waals surface area contributed by atoms with Gasteiger partial charge in [-0.15, -0.1) is 0 Å². The van der Waals surface area contributed by atoms with Crippen LogP contribution in [0.2, 0.25) is 0 Å². The summed E-state index contributed by atoms with van der Waals surface area (Å²) in [5.74, 6) is 0.430. The fourth-order valence-corrected chi connectivity index (χ4v) is 3.19. The Bertz CT molecular complexity index is 459. The van der Waals surface area contributed by atoms with Crippen LogP contribution in [0.15, 0.2) is 18.2 Å². The molecule has 0 saturated carbocycles. The molecule has 0 bridgehead atoms. The first-order chi connectivity index (χ1) is 9.38. The van der Waals surface area contributed by atoms with Crippen LogP contribution < -0.4 is 10.6 Å². The number of anilines is 1. The summed E-state index contributed by atoms with van der Waals surface area (Å²) in [5, 5.41) is 0. The molecule has 1 heterocycles. The highest BCUT2D eigenvalue weighted by molar-refractivity contribution is 5.55. The Balaban J connectivity index is 2.24. The highest BCUT2D eigenvalue weighted by atomic mass is 19.1. The second kappa shape index (κ2) is 6.10. The van der Waals surface area contributed by atoms with Crippen molar-refractivity contribution in [3.8, 4) is 0 Å². The molecule has 20 heavy (non-hydrogen) atoms. The van der Waals surface area contributed by atoms with Crippen molar-refractivity contribution >= 4 is 5.69 Å². The first kappa shape index (κ1) is 15.3. The van der Waals surface area contributed by atoms with Crippen LogP contribution in [0.3, 0.4) is 0 Å². The Labute approximate surface area is 121 Å². The molecule has 1 aromatic carbocycles. The Morgan fingerprint density at radius 1 is 1.40 bits per heavy atom. The van der Waals surface area contributed by atoms with Gasteiger partial charge in [-0.25, -0.2) is 4.39 Å². The number of benzene rings is 1. The molecule has 0 amide bonds. The van der Waals surface area contributed by atoms with Crippen molar-refractivity contribution in [1.29, 1.82) is 0 Å². The van der Waals surface area contributed by atoms with E-state index in [0.717, 1.165) is 24.3 Å². The summed E-state index contributed by atoms with van der Waals surface area (Å²) >= 11 is 0. The van der Waals surface area contributed by atoms with E-state index < -0.39 is 0 Å². The van der Waals surface area contributed by atoms with Crippen LogP contribution in [0.25, 0.3) is 0 Å². The molecule has 0 spiro atoms. The molecule has 1 fully saturated rings. The van der Waals surface area contributed by atoms with Crippen LogP contribution >= 0.6 is 0 Å². The number of likely N-dealkylation sites (N-methyl/N-ethyl adjacent to an activating group) is 1. The van der Waals surface area contributed by atoms with Crippen LogP contribution in [0.4, 0.5) is 10.1 Å². The summed E-state index contributed by atoms with van der Waals surface area (Å²) < 4.78 is 13.5. The second-order valence-corrected chi connectivity index (χ2v) is 6.37. The normalized spacial score (nSPS) is 24.4. The van der Waals surface area contributed by atoms with Gasteiger partial charge in [-0.1, -0.05) is 6.92 Å². The second-order valence-electron chi connectivity index (χ2n) is 6.37. The highest BCUT2D eigenvalue weighted by Gasteiger charge is 2.32. The molecule has 3 unspecified atom stereocenters. The van der Waals surface area contributed by atoms with E-state index >= 15 is 0 Å². The van der Waals surface area contributed by atoms with Crippen LogP contribution in [0, 0.1) is 11.7 Å². The van der Waals surface area contributed by atoms with E-state index in [4.69, 9.17) is 5.73 Å². The third-order valence-electron chi connectivity index (χ3n) is 4.16. The van der Waals surface area contributed by atoms with Crippen molar-refractivity contribution in [2.75, 3.05) is 32.1 Å². The summed E-state index contributed by atoms with van der Waals surface area (Å²) in [4.78, 5) is 4.64. The molecule has 0 aliphatic carbocycles. The van der Waals surface area contributed by atoms with E-state index in [1.807, 2.05) is 13.0 Å². The van der Waals surface area contributed by atoms with Crippen molar-refractivity contribution in [2.45, 2.75) is 32.4 Å². The summed E-state index contributed by atoms with van der Waals surface area (Å²) in [6.07, 6.45) is 0.713. The van der Waals surface area contributed by atoms with Crippen LogP contribution in [0.1, 0.15) is 19.4 Å². The zero-order valence-corrected chi connectivity index (χ0v) is 12.9. The quantitative estimate of drug-likeness (QED) is 0.916. The van der Waals surface area contributed by atoms with E-state index in [-0.39, 0.29) is 11.9 Å². The Kier molecular flexibility index (Phi) is 4.66. The number of hydrogen-bond donors (Lipinski definition) is 1. The lowest BCUT2D eigenvalue weighted by Crippen LogP contribution is -2.34. The largest absolute Gasteiger partial charge is 0.369 e. The standard InChI is InChI=1S/C16H26FN3/c1-11-9-20(10-16(11)19(3)4)15-6-5-14(17)8-13(15)7-12(2)18/h5-6,8,11-12,16H,7,9-10,18H2,1-4H3. The van der Waals surface area contributed by atoms with Gasteiger partial charge in [-0.3, -0.25) is 0 Å². The minimum absolute atomic E-state index is 0.0419. The molecule has 0 aromatic heterocycles. The van der Waals surface area contributed by atoms with Gasteiger partial charge in [0.15, 0.2) is 0 Å². The number of halogens is 1. The average molecular weight is 279 g/mol. The SMILES string of the molecule is CC(N)Cc1cc(F)ccc1N1CC(C)C(N(C)C)C1. The van der Waals surface area contributed by atoms with Gasteiger partial charge in [0.05, 0.1) is 0 Å². The first-order valence-corrected chi connectivity index (χ1v) is 7.34. The fourth-order valence-electron chi connectivity index (χ4n) is 3.19. The van der Waals surface area contributed by atoms with Crippen LogP contribution in [-0.2, 0) is 6.42 Å². The lowest BCUT2D eigenvalue weighted by molar-refractivity contribution is 0.266. The van der Waals surface area contributed by atoms with Gasteiger partial charge in [-0.05, 0) is 57.1 Å². The van der Waals surface area contributed by atoms with Gasteiger partial charge in [0.25, 0.3) is 0 Å². The summed E-state index contributed by atoms with van der Waals surface area (Å²) in [6, 6.07) is 5.67. The first-order valence-electron chi connectivity index (χ1n) is 7.34. The van der Waals surface area contributed by atoms with Gasteiger partial charge in [0.1, 0.15) is 5.82 Å². The minimum Gasteiger partial charge on any atom is -0.369 e. The smallest absolute Gasteiger partial charge is 0.123 e. The third-order valence-corrected chi connectivity index (χ3v) is 4.16. The van der Waals surface area contributed by atoms with Crippen molar-refractivity contribution in [3.63, 3.8) is 0 Å². The summed E-state index contributed by atoms with van der Waals surface area (Å²) in [6.45, 7) is 6.25. The zero-order chi connectivity index (χ0) is 14.9. The summed E-state index contributed by atoms with van der Waals surface area (Å²) in [7, 11) is 4.25. The molecule has 2 N–H and O–H groups in total. The van der Waals surface area contributed by atoms with Crippen molar-refractivity contribution < 1.29 is 4.39 Å². The van der Waals surface area contributed by atoms with Crippen LogP contribution in [0.5, 0.6) is 0 Å². The van der Waals surface area contributed by atoms with Crippen molar-refractivity contribution in [3.05, 3.63) is 29.6 Å². The third kappa shape index (κ3) is 3.30. The Hall–Kier alpha value is -1.13. The van der Waals surface area contributed by atoms with Crippen LogP contribution in [-0.4, -0.2) is 44.2 Å². The minimum atomic E-state index is -0.180. The van der Waals surface area contributed by atoms with E-state index in [9.17, 15) is 4.39 Å². The van der Waals surface area contributed by atoms with E-state index in [1.54, 1.807) is 12.1 Å². The van der Waals surface area contributed by atoms with E-state index in [2.05, 4.69) is 30.8 Å². The molecular formula is C16H26FN3. The van der Waals surface area contributed by atoms with Crippen molar-refractivity contribution in [2.24, 2.45) is 11.7 Å². The van der Waals surface area contributed by atoms with Gasteiger partial charge >= 0.3 is 0 Å². The lowest BCUT2D eigenvalue weighted by Gasteiger charge is -2.25. The fraction of sp³-hybridized carbons (Fsp3) is 0.625. The molecule has 2 rings (SSSR count). The average Bonchev–Trinajstić information content (AvgIpc) is 2.70. The zero-order valence-electron chi connectivity index (χ0n) is 12.9. The maximum atomic E-state index is 13.5.